The summed E-state index contributed by atoms with van der Waals surface area (Å²) in [5.74, 6) is -0.660. The number of ether oxygens (including phenoxy) is 1. The molecule has 2 N–H and O–H groups in total. The lowest BCUT2D eigenvalue weighted by molar-refractivity contribution is -0.124. The summed E-state index contributed by atoms with van der Waals surface area (Å²) in [7, 11) is -3.79. The molecule has 2 aliphatic rings. The topological polar surface area (TPSA) is 102 Å². The lowest BCUT2D eigenvalue weighted by Crippen LogP contribution is -2.50. The molecule has 2 heterocycles. The Kier molecular flexibility index (Phi) is 8.43. The summed E-state index contributed by atoms with van der Waals surface area (Å²) in [4.78, 5) is 28.5. The predicted molar refractivity (Wildman–Crippen MR) is 147 cm³/mol. The highest BCUT2D eigenvalue weighted by Gasteiger charge is 2.43. The summed E-state index contributed by atoms with van der Waals surface area (Å²) in [6.45, 7) is 6.82. The molecule has 7 nitrogen and oxygen atoms in total. The molecule has 2 amide bonds. The second kappa shape index (κ2) is 11.4. The predicted octanol–water partition coefficient (Wildman–Crippen LogP) is 5.07. The summed E-state index contributed by atoms with van der Waals surface area (Å²) in [6.07, 6.45) is 6.79. The number of nitrogens with one attached hydrogen (secondary N) is 2. The first-order chi connectivity index (χ1) is 17.7. The molecular formula is C28H36N2O5S2. The van der Waals surface area contributed by atoms with Gasteiger partial charge in [0, 0.05) is 16.2 Å². The zero-order valence-electron chi connectivity index (χ0n) is 21.8. The first kappa shape index (κ1) is 27.4. The van der Waals surface area contributed by atoms with Crippen LogP contribution in [-0.2, 0) is 31.6 Å². The van der Waals surface area contributed by atoms with Crippen LogP contribution in [0, 0.1) is 0 Å². The molecular weight excluding hydrogens is 508 g/mol. The van der Waals surface area contributed by atoms with Crippen LogP contribution in [0.25, 0.3) is 5.57 Å². The Bertz CT molecular complexity index is 1280. The molecule has 0 saturated heterocycles. The molecule has 0 radical (unpaired) electrons. The Morgan fingerprint density at radius 3 is 2.46 bits per heavy atom. The van der Waals surface area contributed by atoms with Crippen LogP contribution in [-0.4, -0.2) is 32.1 Å². The lowest BCUT2D eigenvalue weighted by atomic mass is 9.80. The van der Waals surface area contributed by atoms with Gasteiger partial charge < -0.3 is 10.1 Å². The van der Waals surface area contributed by atoms with Crippen molar-refractivity contribution in [3.63, 3.8) is 0 Å². The van der Waals surface area contributed by atoms with Gasteiger partial charge in [0.1, 0.15) is 11.3 Å². The van der Waals surface area contributed by atoms with Crippen LogP contribution in [0.1, 0.15) is 81.0 Å². The average molecular weight is 545 g/mol. The van der Waals surface area contributed by atoms with Gasteiger partial charge in [-0.3, -0.25) is 9.59 Å². The van der Waals surface area contributed by atoms with Crippen molar-refractivity contribution in [3.8, 4) is 5.75 Å². The molecule has 0 bridgehead atoms. The van der Waals surface area contributed by atoms with E-state index in [1.807, 2.05) is 50.2 Å². The Balaban J connectivity index is 1.60. The standard InChI is InChI=1S/C28H36N2O5S2/c1-4-6-7-8-17-35-20-11-9-19(10-12-20)28(3)18-23(24-16-13-21(5-2)36-24)25(26(31)29-28)27(32)30-37(33,34)22-14-15-22/h9-13,16,22H,4-8,14-15,17-18H2,1-3H3,(H,29,31)(H,30,32)/t28-/m0/s1. The minimum absolute atomic E-state index is 0.127. The van der Waals surface area contributed by atoms with Gasteiger partial charge in [0.15, 0.2) is 0 Å². The zero-order valence-corrected chi connectivity index (χ0v) is 23.4. The van der Waals surface area contributed by atoms with Crippen LogP contribution >= 0.6 is 11.3 Å². The number of carbonyl (C=O) groups excluding carboxylic acids is 2. The van der Waals surface area contributed by atoms with E-state index in [1.165, 1.54) is 24.2 Å². The van der Waals surface area contributed by atoms with Crippen molar-refractivity contribution in [2.75, 3.05) is 6.61 Å². The number of amides is 2. The molecule has 1 aromatic carbocycles. The van der Waals surface area contributed by atoms with E-state index in [1.54, 1.807) is 0 Å². The van der Waals surface area contributed by atoms with Crippen molar-refractivity contribution in [3.05, 3.63) is 57.3 Å². The van der Waals surface area contributed by atoms with Crippen molar-refractivity contribution in [2.24, 2.45) is 0 Å². The van der Waals surface area contributed by atoms with Crippen molar-refractivity contribution < 1.29 is 22.7 Å². The summed E-state index contributed by atoms with van der Waals surface area (Å²) in [5, 5.41) is 2.43. The third kappa shape index (κ3) is 6.44. The second-order valence-electron chi connectivity index (χ2n) is 10.0. The van der Waals surface area contributed by atoms with Crippen LogP contribution < -0.4 is 14.8 Å². The van der Waals surface area contributed by atoms with Gasteiger partial charge in [-0.05, 0) is 68.0 Å². The molecule has 1 fully saturated rings. The number of sulfonamides is 1. The minimum Gasteiger partial charge on any atom is -0.494 e. The molecule has 1 saturated carbocycles. The van der Waals surface area contributed by atoms with E-state index in [0.29, 0.717) is 31.4 Å². The molecule has 1 atom stereocenters. The molecule has 4 rings (SSSR count). The van der Waals surface area contributed by atoms with Crippen LogP contribution in [0.15, 0.2) is 42.0 Å². The van der Waals surface area contributed by atoms with Gasteiger partial charge in [-0.2, -0.15) is 0 Å². The van der Waals surface area contributed by atoms with E-state index >= 15 is 0 Å². The summed E-state index contributed by atoms with van der Waals surface area (Å²) in [5.41, 5.74) is 0.546. The highest BCUT2D eigenvalue weighted by Crippen LogP contribution is 2.41. The number of rotatable bonds is 12. The molecule has 1 aliphatic heterocycles. The molecule has 9 heteroatoms. The van der Waals surface area contributed by atoms with E-state index in [9.17, 15) is 18.0 Å². The summed E-state index contributed by atoms with van der Waals surface area (Å²) in [6, 6.07) is 11.6. The number of unbranched alkanes of at least 4 members (excludes halogenated alkanes) is 3. The van der Waals surface area contributed by atoms with Crippen molar-refractivity contribution >= 4 is 38.7 Å². The van der Waals surface area contributed by atoms with Crippen LogP contribution in [0.5, 0.6) is 5.75 Å². The zero-order chi connectivity index (χ0) is 26.6. The monoisotopic (exact) mass is 544 g/mol. The van der Waals surface area contributed by atoms with E-state index in [4.69, 9.17) is 4.74 Å². The maximum atomic E-state index is 13.4. The van der Waals surface area contributed by atoms with Crippen LogP contribution in [0.2, 0.25) is 0 Å². The number of thiophene rings is 1. The number of benzene rings is 1. The molecule has 1 aromatic heterocycles. The van der Waals surface area contributed by atoms with Crippen molar-refractivity contribution in [1.29, 1.82) is 0 Å². The van der Waals surface area contributed by atoms with Crippen LogP contribution in [0.4, 0.5) is 0 Å². The minimum atomic E-state index is -3.79. The highest BCUT2D eigenvalue weighted by atomic mass is 32.2. The van der Waals surface area contributed by atoms with E-state index in [0.717, 1.165) is 40.3 Å². The maximum absolute atomic E-state index is 13.4. The molecule has 0 spiro atoms. The molecule has 0 unspecified atom stereocenters. The second-order valence-corrected chi connectivity index (χ2v) is 13.2. The number of carbonyl (C=O) groups is 2. The third-order valence-corrected chi connectivity index (χ3v) is 10.0. The first-order valence-electron chi connectivity index (χ1n) is 13.1. The Hall–Kier alpha value is -2.65. The Morgan fingerprint density at radius 1 is 1.11 bits per heavy atom. The van der Waals surface area contributed by atoms with Gasteiger partial charge in [-0.25, -0.2) is 13.1 Å². The fourth-order valence-corrected chi connectivity index (χ4v) is 6.85. The van der Waals surface area contributed by atoms with E-state index in [2.05, 4.69) is 17.0 Å². The quantitative estimate of drug-likeness (QED) is 0.287. The molecule has 2 aromatic rings. The molecule has 37 heavy (non-hydrogen) atoms. The molecule has 200 valence electrons. The normalized spacial score (nSPS) is 20.0. The van der Waals surface area contributed by atoms with E-state index in [-0.39, 0.29) is 5.57 Å². The molecule has 1 aliphatic carbocycles. The van der Waals surface area contributed by atoms with Gasteiger partial charge in [0.25, 0.3) is 11.8 Å². The van der Waals surface area contributed by atoms with Gasteiger partial charge in [0.2, 0.25) is 10.0 Å². The summed E-state index contributed by atoms with van der Waals surface area (Å²) < 4.78 is 32.9. The number of hydrogen-bond acceptors (Lipinski definition) is 6. The number of hydrogen-bond donors (Lipinski definition) is 2. The van der Waals surface area contributed by atoms with Gasteiger partial charge >= 0.3 is 0 Å². The largest absolute Gasteiger partial charge is 0.494 e. The van der Waals surface area contributed by atoms with Crippen LogP contribution in [0.3, 0.4) is 0 Å². The van der Waals surface area contributed by atoms with Crippen molar-refractivity contribution in [1.82, 2.24) is 10.0 Å². The summed E-state index contributed by atoms with van der Waals surface area (Å²) >= 11 is 1.52. The van der Waals surface area contributed by atoms with E-state index < -0.39 is 32.6 Å². The fraction of sp³-hybridized carbons (Fsp3) is 0.500. The Labute approximate surface area is 223 Å². The maximum Gasteiger partial charge on any atom is 0.270 e. The highest BCUT2D eigenvalue weighted by molar-refractivity contribution is 7.91. The van der Waals surface area contributed by atoms with Gasteiger partial charge in [-0.15, -0.1) is 11.3 Å². The van der Waals surface area contributed by atoms with Crippen molar-refractivity contribution in [2.45, 2.75) is 82.9 Å². The lowest BCUT2D eigenvalue weighted by Gasteiger charge is -2.37. The van der Waals surface area contributed by atoms with Gasteiger partial charge in [-0.1, -0.05) is 45.2 Å². The third-order valence-electron chi connectivity index (χ3n) is 6.94. The first-order valence-corrected chi connectivity index (χ1v) is 15.5. The smallest absolute Gasteiger partial charge is 0.270 e. The number of aryl methyl sites for hydroxylation is 1. The SMILES string of the molecule is CCCCCCOc1ccc([C@]2(C)CC(c3ccc(CC)s3)=C(C(=O)NS(=O)(=O)C3CC3)C(=O)N2)cc1. The van der Waals surface area contributed by atoms with Gasteiger partial charge in [0.05, 0.1) is 17.4 Å². The Morgan fingerprint density at radius 2 is 1.84 bits per heavy atom. The fourth-order valence-electron chi connectivity index (χ4n) is 4.57. The average Bonchev–Trinajstić information content (AvgIpc) is 3.62.